The van der Waals surface area contributed by atoms with E-state index in [1.807, 2.05) is 81.6 Å². The van der Waals surface area contributed by atoms with Crippen LogP contribution in [0.15, 0.2) is 72.9 Å². The Kier molecular flexibility index (Phi) is 9.40. The van der Waals surface area contributed by atoms with Gasteiger partial charge in [-0.15, -0.1) is 0 Å². The minimum absolute atomic E-state index is 0.0229. The molecule has 7 nitrogen and oxygen atoms in total. The third-order valence-electron chi connectivity index (χ3n) is 7.28. The zero-order valence-electron chi connectivity index (χ0n) is 25.2. The van der Waals surface area contributed by atoms with Crippen LogP contribution in [0.4, 0.5) is 4.79 Å². The van der Waals surface area contributed by atoms with Gasteiger partial charge in [0, 0.05) is 12.7 Å². The van der Waals surface area contributed by atoms with Crippen molar-refractivity contribution in [3.05, 3.63) is 95.3 Å². The van der Waals surface area contributed by atoms with Gasteiger partial charge >= 0.3 is 6.09 Å². The van der Waals surface area contributed by atoms with Gasteiger partial charge in [0.25, 0.3) is 0 Å². The normalized spacial score (nSPS) is 16.0. The summed E-state index contributed by atoms with van der Waals surface area (Å²) in [4.78, 5) is 17.4. The second-order valence-electron chi connectivity index (χ2n) is 13.1. The molecule has 1 aliphatic rings. The zero-order valence-corrected chi connectivity index (χ0v) is 25.2. The predicted octanol–water partition coefficient (Wildman–Crippen LogP) is 6.03. The predicted molar refractivity (Wildman–Crippen MR) is 162 cm³/mol. The number of hydrogen-bond acceptors (Lipinski definition) is 6. The molecule has 1 aliphatic carbocycles. The number of nitrogens with one attached hydrogen (secondary N) is 2. The van der Waals surface area contributed by atoms with Gasteiger partial charge in [-0.2, -0.15) is 0 Å². The third kappa shape index (κ3) is 9.03. The molecule has 0 unspecified atom stereocenters. The molecule has 2 atom stereocenters. The molecule has 1 amide bonds. The lowest BCUT2D eigenvalue weighted by Crippen LogP contribution is -2.51. The summed E-state index contributed by atoms with van der Waals surface area (Å²) in [5, 5.41) is 17.9. The first-order chi connectivity index (χ1) is 19.3. The maximum absolute atomic E-state index is 12.8. The highest BCUT2D eigenvalue weighted by atomic mass is 16.6. The molecule has 7 heteroatoms. The molecule has 1 aromatic heterocycles. The highest BCUT2D eigenvalue weighted by Crippen LogP contribution is 2.45. The summed E-state index contributed by atoms with van der Waals surface area (Å²) in [6.07, 6.45) is 2.76. The van der Waals surface area contributed by atoms with Gasteiger partial charge in [-0.05, 0) is 86.4 Å². The van der Waals surface area contributed by atoms with Crippen molar-refractivity contribution in [3.63, 3.8) is 0 Å². The Morgan fingerprint density at radius 2 is 1.68 bits per heavy atom. The van der Waals surface area contributed by atoms with Gasteiger partial charge in [0.05, 0.1) is 23.4 Å². The van der Waals surface area contributed by atoms with E-state index in [0.717, 1.165) is 35.4 Å². The maximum Gasteiger partial charge on any atom is 0.407 e. The van der Waals surface area contributed by atoms with E-state index in [-0.39, 0.29) is 11.0 Å². The number of aliphatic hydroxyl groups is 1. The second kappa shape index (κ2) is 12.6. The first-order valence-corrected chi connectivity index (χ1v) is 14.5. The van der Waals surface area contributed by atoms with E-state index in [1.54, 1.807) is 0 Å². The molecule has 3 aromatic rings. The van der Waals surface area contributed by atoms with Crippen molar-refractivity contribution in [3.8, 4) is 5.75 Å². The number of carbonyl (C=O) groups excluding carboxylic acids is 1. The van der Waals surface area contributed by atoms with Crippen LogP contribution in [0.2, 0.25) is 0 Å². The van der Waals surface area contributed by atoms with Crippen LogP contribution in [0.3, 0.4) is 0 Å². The standard InChI is InChI=1S/C34H45N3O4/c1-32(2,3)26-15-18-35-30(21-26)34(16-17-34)36-22-29(38)28(37-31(39)41-33(4,5)6)20-25-13-10-14-27(19-25)40-23-24-11-8-7-9-12-24/h7-15,18-19,21,28-29,36,38H,16-17,20,22-23H2,1-6H3,(H,37,39)/t28-,29-/m0/s1. The minimum Gasteiger partial charge on any atom is -0.489 e. The molecule has 220 valence electrons. The zero-order chi connectivity index (χ0) is 29.7. The van der Waals surface area contributed by atoms with E-state index < -0.39 is 23.8 Å². The summed E-state index contributed by atoms with van der Waals surface area (Å²) in [6, 6.07) is 21.4. The smallest absolute Gasteiger partial charge is 0.407 e. The molecule has 1 heterocycles. The number of amides is 1. The van der Waals surface area contributed by atoms with Crippen LogP contribution < -0.4 is 15.4 Å². The van der Waals surface area contributed by atoms with Crippen LogP contribution in [0, 0.1) is 0 Å². The van der Waals surface area contributed by atoms with Crippen LogP contribution >= 0.6 is 0 Å². The van der Waals surface area contributed by atoms with E-state index in [4.69, 9.17) is 9.47 Å². The lowest BCUT2D eigenvalue weighted by atomic mass is 9.86. The summed E-state index contributed by atoms with van der Waals surface area (Å²) in [6.45, 7) is 12.8. The van der Waals surface area contributed by atoms with E-state index >= 15 is 0 Å². The SMILES string of the molecule is CC(C)(C)OC(=O)N[C@@H](Cc1cccc(OCc2ccccc2)c1)[C@@H](O)CNC1(c2cc(C(C)(C)C)ccn2)CC1. The number of aromatic nitrogens is 1. The maximum atomic E-state index is 12.8. The number of nitrogens with zero attached hydrogens (tertiary/aromatic N) is 1. The summed E-state index contributed by atoms with van der Waals surface area (Å²) in [5.41, 5.74) is 3.37. The van der Waals surface area contributed by atoms with E-state index in [9.17, 15) is 9.90 Å². The summed E-state index contributed by atoms with van der Waals surface area (Å²) in [5.74, 6) is 0.733. The Labute approximate surface area is 244 Å². The molecule has 3 N–H and O–H groups in total. The van der Waals surface area contributed by atoms with Gasteiger partial charge in [0.15, 0.2) is 0 Å². The Balaban J connectivity index is 1.45. The fourth-order valence-corrected chi connectivity index (χ4v) is 4.75. The molecule has 4 rings (SSSR count). The summed E-state index contributed by atoms with van der Waals surface area (Å²) in [7, 11) is 0. The average Bonchev–Trinajstić information content (AvgIpc) is 3.71. The fraction of sp³-hybridized carbons (Fsp3) is 0.471. The number of alkyl carbamates (subject to hydrolysis) is 1. The Morgan fingerprint density at radius 3 is 2.34 bits per heavy atom. The molecular weight excluding hydrogens is 514 g/mol. The number of rotatable bonds is 11. The Morgan fingerprint density at radius 1 is 0.976 bits per heavy atom. The van der Waals surface area contributed by atoms with Crippen molar-refractivity contribution in [2.75, 3.05) is 6.54 Å². The highest BCUT2D eigenvalue weighted by Gasteiger charge is 2.46. The van der Waals surface area contributed by atoms with Crippen molar-refractivity contribution < 1.29 is 19.4 Å². The number of aliphatic hydroxyl groups excluding tert-OH is 1. The van der Waals surface area contributed by atoms with E-state index in [2.05, 4.69) is 48.5 Å². The monoisotopic (exact) mass is 559 g/mol. The molecule has 2 aromatic carbocycles. The largest absolute Gasteiger partial charge is 0.489 e. The van der Waals surface area contributed by atoms with E-state index in [1.165, 1.54) is 5.56 Å². The van der Waals surface area contributed by atoms with Crippen LogP contribution in [-0.2, 0) is 28.7 Å². The van der Waals surface area contributed by atoms with Crippen LogP contribution in [0.25, 0.3) is 0 Å². The molecule has 0 spiro atoms. The Bertz CT molecular complexity index is 1290. The minimum atomic E-state index is -0.861. The van der Waals surface area contributed by atoms with Crippen molar-refractivity contribution in [2.24, 2.45) is 0 Å². The first kappa shape index (κ1) is 30.5. The average molecular weight is 560 g/mol. The number of benzene rings is 2. The molecule has 41 heavy (non-hydrogen) atoms. The molecule has 1 fully saturated rings. The molecular formula is C34H45N3O4. The molecule has 0 aliphatic heterocycles. The third-order valence-corrected chi connectivity index (χ3v) is 7.28. The van der Waals surface area contributed by atoms with Crippen molar-refractivity contribution in [1.82, 2.24) is 15.6 Å². The first-order valence-electron chi connectivity index (χ1n) is 14.5. The van der Waals surface area contributed by atoms with Gasteiger partial charge in [-0.3, -0.25) is 4.98 Å². The van der Waals surface area contributed by atoms with Crippen LogP contribution in [-0.4, -0.2) is 40.5 Å². The van der Waals surface area contributed by atoms with Crippen LogP contribution in [0.5, 0.6) is 5.75 Å². The van der Waals surface area contributed by atoms with Gasteiger partial charge < -0.3 is 25.2 Å². The number of carbonyl (C=O) groups is 1. The van der Waals surface area contributed by atoms with Gasteiger partial charge in [0.1, 0.15) is 18.0 Å². The van der Waals surface area contributed by atoms with Crippen LogP contribution in [0.1, 0.15) is 76.8 Å². The van der Waals surface area contributed by atoms with Crippen molar-refractivity contribution in [2.45, 2.75) is 96.1 Å². The van der Waals surface area contributed by atoms with E-state index in [0.29, 0.717) is 19.6 Å². The lowest BCUT2D eigenvalue weighted by Gasteiger charge is -2.29. The molecule has 0 saturated heterocycles. The topological polar surface area (TPSA) is 92.7 Å². The van der Waals surface area contributed by atoms with Crippen molar-refractivity contribution in [1.29, 1.82) is 0 Å². The Hall–Kier alpha value is -3.42. The van der Waals surface area contributed by atoms with Gasteiger partial charge in [-0.25, -0.2) is 4.79 Å². The van der Waals surface area contributed by atoms with Gasteiger partial charge in [-0.1, -0.05) is 63.2 Å². The fourth-order valence-electron chi connectivity index (χ4n) is 4.75. The molecule has 1 saturated carbocycles. The molecule has 0 radical (unpaired) electrons. The lowest BCUT2D eigenvalue weighted by molar-refractivity contribution is 0.0418. The van der Waals surface area contributed by atoms with Gasteiger partial charge in [0.2, 0.25) is 0 Å². The number of ether oxygens (including phenoxy) is 2. The summed E-state index contributed by atoms with van der Waals surface area (Å²) < 4.78 is 11.5. The number of pyridine rings is 1. The summed E-state index contributed by atoms with van der Waals surface area (Å²) >= 11 is 0. The molecule has 0 bridgehead atoms. The van der Waals surface area contributed by atoms with Crippen molar-refractivity contribution >= 4 is 6.09 Å². The highest BCUT2D eigenvalue weighted by molar-refractivity contribution is 5.68. The quantitative estimate of drug-likeness (QED) is 0.266. The number of hydrogen-bond donors (Lipinski definition) is 3. The second-order valence-corrected chi connectivity index (χ2v) is 13.1.